The second kappa shape index (κ2) is 4.73. The molecule has 4 heteroatoms. The third-order valence-corrected chi connectivity index (χ3v) is 4.36. The molecule has 0 aliphatic carbocycles. The molecular weight excluding hydrogens is 260 g/mol. The van der Waals surface area contributed by atoms with E-state index < -0.39 is 0 Å². The molecule has 0 amide bonds. The number of benzene rings is 1. The van der Waals surface area contributed by atoms with Crippen LogP contribution in [-0.2, 0) is 0 Å². The molecule has 0 spiro atoms. The van der Waals surface area contributed by atoms with E-state index >= 15 is 0 Å². The minimum Gasteiger partial charge on any atom is -0.235 e. The Morgan fingerprint density at radius 2 is 2.11 bits per heavy atom. The number of allylic oxidation sites excluding steroid dienone is 1. The van der Waals surface area contributed by atoms with Gasteiger partial charge < -0.3 is 0 Å². The fraction of sp³-hybridized carbons (Fsp3) is 0. The summed E-state index contributed by atoms with van der Waals surface area (Å²) >= 11 is 3.17. The number of nitrogens with zero attached hydrogens (tertiary/aromatic N) is 2. The molecule has 2 aromatic heterocycles. The summed E-state index contributed by atoms with van der Waals surface area (Å²) in [7, 11) is 0. The van der Waals surface area contributed by atoms with Crippen molar-refractivity contribution in [3.8, 4) is 6.07 Å². The van der Waals surface area contributed by atoms with Gasteiger partial charge in [0, 0.05) is 4.88 Å². The van der Waals surface area contributed by atoms with E-state index in [9.17, 15) is 5.26 Å². The third kappa shape index (κ3) is 2.06. The zero-order chi connectivity index (χ0) is 12.4. The van der Waals surface area contributed by atoms with Gasteiger partial charge in [0.05, 0.1) is 15.8 Å². The number of aromatic nitrogens is 1. The van der Waals surface area contributed by atoms with Crippen LogP contribution in [0.1, 0.15) is 9.88 Å². The zero-order valence-electron chi connectivity index (χ0n) is 9.33. The van der Waals surface area contributed by atoms with Crippen molar-refractivity contribution in [2.45, 2.75) is 0 Å². The van der Waals surface area contributed by atoms with Gasteiger partial charge in [-0.15, -0.1) is 22.7 Å². The lowest BCUT2D eigenvalue weighted by atomic mass is 10.2. The fourth-order valence-corrected chi connectivity index (χ4v) is 3.23. The minimum absolute atomic E-state index is 0.624. The highest BCUT2D eigenvalue weighted by molar-refractivity contribution is 7.19. The maximum absolute atomic E-state index is 9.26. The lowest BCUT2D eigenvalue weighted by Gasteiger charge is -1.90. The number of hydrogen-bond donors (Lipinski definition) is 0. The number of hydrogen-bond acceptors (Lipinski definition) is 4. The lowest BCUT2D eigenvalue weighted by Crippen LogP contribution is -1.78. The summed E-state index contributed by atoms with van der Waals surface area (Å²) in [6.07, 6.45) is 1.89. The van der Waals surface area contributed by atoms with Gasteiger partial charge in [-0.05, 0) is 29.7 Å². The zero-order valence-corrected chi connectivity index (χ0v) is 11.0. The maximum atomic E-state index is 9.26. The molecule has 0 aliphatic heterocycles. The summed E-state index contributed by atoms with van der Waals surface area (Å²) in [6.45, 7) is 0. The first-order chi connectivity index (χ1) is 8.86. The Balaban J connectivity index is 2.09. The number of fused-ring (bicyclic) bond motifs is 1. The van der Waals surface area contributed by atoms with Crippen LogP contribution in [0.15, 0.2) is 41.8 Å². The van der Waals surface area contributed by atoms with Crippen molar-refractivity contribution in [3.05, 3.63) is 51.7 Å². The normalized spacial score (nSPS) is 11.6. The van der Waals surface area contributed by atoms with Gasteiger partial charge in [0.1, 0.15) is 11.1 Å². The molecular formula is C14H8N2S2. The van der Waals surface area contributed by atoms with Crippen molar-refractivity contribution in [2.24, 2.45) is 0 Å². The molecule has 0 radical (unpaired) electrons. The predicted octanol–water partition coefficient (Wildman–Crippen LogP) is 4.42. The molecule has 0 saturated carbocycles. The van der Waals surface area contributed by atoms with Gasteiger partial charge in [-0.25, -0.2) is 4.98 Å². The molecule has 2 nitrogen and oxygen atoms in total. The van der Waals surface area contributed by atoms with E-state index in [1.54, 1.807) is 22.7 Å². The topological polar surface area (TPSA) is 36.7 Å². The van der Waals surface area contributed by atoms with Crippen molar-refractivity contribution in [2.75, 3.05) is 0 Å². The van der Waals surface area contributed by atoms with Crippen LogP contribution >= 0.6 is 22.7 Å². The Kier molecular flexibility index (Phi) is 2.93. The second-order valence-corrected chi connectivity index (χ2v) is 5.68. The van der Waals surface area contributed by atoms with Gasteiger partial charge in [-0.1, -0.05) is 18.2 Å². The molecule has 0 unspecified atom stereocenters. The average molecular weight is 268 g/mol. The monoisotopic (exact) mass is 268 g/mol. The molecule has 3 rings (SSSR count). The summed E-state index contributed by atoms with van der Waals surface area (Å²) < 4.78 is 1.11. The summed E-state index contributed by atoms with van der Waals surface area (Å²) in [6, 6.07) is 14.1. The molecule has 3 aromatic rings. The van der Waals surface area contributed by atoms with Gasteiger partial charge in [0.15, 0.2) is 0 Å². The van der Waals surface area contributed by atoms with Crippen LogP contribution in [0, 0.1) is 11.3 Å². The van der Waals surface area contributed by atoms with E-state index in [1.807, 2.05) is 47.9 Å². The van der Waals surface area contributed by atoms with Crippen LogP contribution in [0.4, 0.5) is 0 Å². The smallest absolute Gasteiger partial charge is 0.135 e. The van der Waals surface area contributed by atoms with Crippen LogP contribution in [-0.4, -0.2) is 4.98 Å². The standard InChI is InChI=1S/C14H8N2S2/c15-9-10(8-11-4-3-7-17-11)14-16-12-5-1-2-6-13(12)18-14/h1-8H/b10-8-. The Hall–Kier alpha value is -1.96. The number of para-hydroxylation sites is 1. The summed E-state index contributed by atoms with van der Waals surface area (Å²) in [5.74, 6) is 0. The van der Waals surface area contributed by atoms with E-state index in [1.165, 1.54) is 0 Å². The highest BCUT2D eigenvalue weighted by atomic mass is 32.1. The van der Waals surface area contributed by atoms with Gasteiger partial charge in [0.2, 0.25) is 0 Å². The molecule has 2 heterocycles. The molecule has 0 aliphatic rings. The first kappa shape index (κ1) is 11.1. The van der Waals surface area contributed by atoms with E-state index in [-0.39, 0.29) is 0 Å². The Bertz CT molecular complexity index is 713. The SMILES string of the molecule is N#C/C(=C/c1cccs1)c1nc2ccccc2s1. The largest absolute Gasteiger partial charge is 0.235 e. The number of nitriles is 1. The van der Waals surface area contributed by atoms with Crippen LogP contribution in [0.25, 0.3) is 21.9 Å². The summed E-state index contributed by atoms with van der Waals surface area (Å²) in [4.78, 5) is 5.57. The van der Waals surface area contributed by atoms with Crippen LogP contribution in [0.2, 0.25) is 0 Å². The molecule has 0 bridgehead atoms. The number of thiophene rings is 1. The highest BCUT2D eigenvalue weighted by Crippen LogP contribution is 2.28. The molecule has 0 N–H and O–H groups in total. The Labute approximate surface area is 112 Å². The predicted molar refractivity (Wildman–Crippen MR) is 77.4 cm³/mol. The molecule has 86 valence electrons. The van der Waals surface area contributed by atoms with Crippen molar-refractivity contribution >= 4 is 44.5 Å². The quantitative estimate of drug-likeness (QED) is 0.645. The van der Waals surface area contributed by atoms with Crippen molar-refractivity contribution in [1.29, 1.82) is 5.26 Å². The first-order valence-corrected chi connectivity index (χ1v) is 7.08. The van der Waals surface area contributed by atoms with Gasteiger partial charge in [-0.2, -0.15) is 5.26 Å². The first-order valence-electron chi connectivity index (χ1n) is 5.38. The summed E-state index contributed by atoms with van der Waals surface area (Å²) in [5, 5.41) is 12.0. The molecule has 0 fully saturated rings. The summed E-state index contributed by atoms with van der Waals surface area (Å²) in [5.41, 5.74) is 1.57. The van der Waals surface area contributed by atoms with Crippen molar-refractivity contribution in [1.82, 2.24) is 4.98 Å². The van der Waals surface area contributed by atoms with Crippen LogP contribution in [0.3, 0.4) is 0 Å². The van der Waals surface area contributed by atoms with E-state index in [4.69, 9.17) is 0 Å². The van der Waals surface area contributed by atoms with E-state index in [2.05, 4.69) is 11.1 Å². The molecule has 1 aromatic carbocycles. The highest BCUT2D eigenvalue weighted by Gasteiger charge is 2.08. The van der Waals surface area contributed by atoms with Gasteiger partial charge in [-0.3, -0.25) is 0 Å². The van der Waals surface area contributed by atoms with Crippen molar-refractivity contribution < 1.29 is 0 Å². The molecule has 0 atom stereocenters. The van der Waals surface area contributed by atoms with E-state index in [0.717, 1.165) is 20.1 Å². The maximum Gasteiger partial charge on any atom is 0.135 e. The lowest BCUT2D eigenvalue weighted by molar-refractivity contribution is 1.44. The fourth-order valence-electron chi connectivity index (χ4n) is 1.64. The van der Waals surface area contributed by atoms with Gasteiger partial charge in [0.25, 0.3) is 0 Å². The minimum atomic E-state index is 0.624. The Morgan fingerprint density at radius 1 is 1.22 bits per heavy atom. The van der Waals surface area contributed by atoms with Crippen LogP contribution in [0.5, 0.6) is 0 Å². The Morgan fingerprint density at radius 3 is 2.83 bits per heavy atom. The molecule has 0 saturated heterocycles. The average Bonchev–Trinajstić information content (AvgIpc) is 3.04. The number of rotatable bonds is 2. The van der Waals surface area contributed by atoms with E-state index in [0.29, 0.717) is 5.57 Å². The van der Waals surface area contributed by atoms with Crippen LogP contribution < -0.4 is 0 Å². The number of thiazole rings is 1. The second-order valence-electron chi connectivity index (χ2n) is 3.67. The van der Waals surface area contributed by atoms with Gasteiger partial charge >= 0.3 is 0 Å². The third-order valence-electron chi connectivity index (χ3n) is 2.47. The molecule has 18 heavy (non-hydrogen) atoms. The van der Waals surface area contributed by atoms with Crippen molar-refractivity contribution in [3.63, 3.8) is 0 Å².